The summed E-state index contributed by atoms with van der Waals surface area (Å²) in [5.41, 5.74) is 6.08. The minimum Gasteiger partial charge on any atom is -0.499 e. The molecule has 45 heavy (non-hydrogen) atoms. The van der Waals surface area contributed by atoms with Crippen LogP contribution in [0.2, 0.25) is 0 Å². The molecule has 0 aliphatic rings. The fraction of sp³-hybridized carbons (Fsp3) is 0.0930. The molecule has 0 radical (unpaired) electrons. The minimum atomic E-state index is -0.760. The number of hydrogen-bond donors (Lipinski definition) is 0. The lowest BCUT2D eigenvalue weighted by Crippen LogP contribution is -2.40. The van der Waals surface area contributed by atoms with Crippen LogP contribution < -0.4 is 0 Å². The highest BCUT2D eigenvalue weighted by molar-refractivity contribution is 6.09. The SMILES string of the molecule is CN=C(/C=C(\OC)C(c1ccccc1)(c1ccccc1)c1ccccc1)C(c1ccccc1)(c1ccccc1)c1ccccc1. The molecule has 0 spiro atoms. The molecule has 6 aromatic rings. The van der Waals surface area contributed by atoms with Crippen molar-refractivity contribution in [3.8, 4) is 0 Å². The summed E-state index contributed by atoms with van der Waals surface area (Å²) in [6, 6.07) is 63.9. The molecule has 6 rings (SSSR count). The Labute approximate surface area is 267 Å². The van der Waals surface area contributed by atoms with E-state index in [1.165, 1.54) is 0 Å². The van der Waals surface area contributed by atoms with Crippen LogP contribution in [0.15, 0.2) is 199 Å². The Morgan fingerprint density at radius 1 is 0.422 bits per heavy atom. The van der Waals surface area contributed by atoms with Crippen molar-refractivity contribution in [2.24, 2.45) is 4.99 Å². The zero-order chi connectivity index (χ0) is 31.0. The third kappa shape index (κ3) is 5.30. The lowest BCUT2D eigenvalue weighted by atomic mass is 9.64. The first-order valence-corrected chi connectivity index (χ1v) is 15.3. The predicted molar refractivity (Wildman–Crippen MR) is 187 cm³/mol. The van der Waals surface area contributed by atoms with Gasteiger partial charge in [-0.25, -0.2) is 0 Å². The lowest BCUT2D eigenvalue weighted by molar-refractivity contribution is 0.251. The number of allylic oxidation sites excluding steroid dienone is 2. The van der Waals surface area contributed by atoms with Crippen LogP contribution in [0.4, 0.5) is 0 Å². The molecular formula is C43H37NO. The van der Waals surface area contributed by atoms with E-state index in [1.54, 1.807) is 7.11 Å². The van der Waals surface area contributed by atoms with E-state index >= 15 is 0 Å². The second-order valence-electron chi connectivity index (χ2n) is 11.0. The largest absolute Gasteiger partial charge is 0.499 e. The summed E-state index contributed by atoms with van der Waals surface area (Å²) in [6.45, 7) is 0. The lowest BCUT2D eigenvalue weighted by Gasteiger charge is -2.40. The molecule has 0 aliphatic heterocycles. The maximum atomic E-state index is 6.59. The van der Waals surface area contributed by atoms with E-state index < -0.39 is 10.8 Å². The first-order chi connectivity index (χ1) is 22.3. The van der Waals surface area contributed by atoms with Gasteiger partial charge in [-0.2, -0.15) is 0 Å². The van der Waals surface area contributed by atoms with Gasteiger partial charge >= 0.3 is 0 Å². The van der Waals surface area contributed by atoms with Crippen molar-refractivity contribution in [2.45, 2.75) is 10.8 Å². The molecule has 0 amide bonds. The summed E-state index contributed by atoms with van der Waals surface area (Å²) in [5, 5.41) is 0. The Morgan fingerprint density at radius 2 is 0.667 bits per heavy atom. The summed E-state index contributed by atoms with van der Waals surface area (Å²) in [6.07, 6.45) is 2.18. The summed E-state index contributed by atoms with van der Waals surface area (Å²) in [4.78, 5) is 5.13. The molecule has 0 fully saturated rings. The van der Waals surface area contributed by atoms with Gasteiger partial charge in [-0.3, -0.25) is 4.99 Å². The molecule has 0 aliphatic carbocycles. The van der Waals surface area contributed by atoms with Crippen LogP contribution in [0.25, 0.3) is 0 Å². The Hall–Kier alpha value is -5.47. The molecule has 6 aromatic carbocycles. The number of hydrogen-bond acceptors (Lipinski definition) is 2. The average molecular weight is 584 g/mol. The van der Waals surface area contributed by atoms with E-state index in [9.17, 15) is 0 Å². The van der Waals surface area contributed by atoms with Crippen LogP contribution in [0.1, 0.15) is 33.4 Å². The summed E-state index contributed by atoms with van der Waals surface area (Å²) in [5.74, 6) is 0.777. The van der Waals surface area contributed by atoms with Crippen LogP contribution >= 0.6 is 0 Å². The Balaban J connectivity index is 1.74. The van der Waals surface area contributed by atoms with Gasteiger partial charge in [0.25, 0.3) is 0 Å². The number of nitrogens with zero attached hydrogens (tertiary/aromatic N) is 1. The first-order valence-electron chi connectivity index (χ1n) is 15.3. The van der Waals surface area contributed by atoms with E-state index in [0.717, 1.165) is 44.9 Å². The molecule has 0 aromatic heterocycles. The van der Waals surface area contributed by atoms with E-state index in [-0.39, 0.29) is 0 Å². The fourth-order valence-corrected chi connectivity index (χ4v) is 6.78. The predicted octanol–water partition coefficient (Wildman–Crippen LogP) is 9.66. The van der Waals surface area contributed by atoms with Gasteiger partial charge < -0.3 is 4.74 Å². The van der Waals surface area contributed by atoms with Gasteiger partial charge in [0.1, 0.15) is 11.2 Å². The number of benzene rings is 6. The van der Waals surface area contributed by atoms with Gasteiger partial charge in [0.15, 0.2) is 0 Å². The molecule has 0 N–H and O–H groups in total. The molecule has 0 saturated heterocycles. The van der Waals surface area contributed by atoms with Gasteiger partial charge in [0, 0.05) is 13.1 Å². The number of aliphatic imine (C=N–C) groups is 1. The molecule has 0 bridgehead atoms. The summed E-state index contributed by atoms with van der Waals surface area (Å²) < 4.78 is 6.59. The third-order valence-electron chi connectivity index (χ3n) is 8.72. The van der Waals surface area contributed by atoms with Gasteiger partial charge in [-0.05, 0) is 33.4 Å². The maximum Gasteiger partial charge on any atom is 0.117 e. The standard InChI is InChI=1S/C43H37NO/c1-44-40(42(34-21-9-3-10-22-34,35-23-11-4-12-24-35)36-25-13-5-14-26-36)33-41(45-2)43(37-27-15-6-16-28-37,38-29-17-7-18-30-38)39-31-19-8-20-32-39/h3-33H,1-2H3/b41-33-,44-40?. The molecular weight excluding hydrogens is 546 g/mol. The van der Waals surface area contributed by atoms with Gasteiger partial charge in [-0.1, -0.05) is 182 Å². The topological polar surface area (TPSA) is 21.6 Å². The van der Waals surface area contributed by atoms with Crippen LogP contribution in [-0.2, 0) is 15.6 Å². The monoisotopic (exact) mass is 583 g/mol. The quantitative estimate of drug-likeness (QED) is 0.0894. The van der Waals surface area contributed by atoms with Gasteiger partial charge in [0.05, 0.1) is 18.2 Å². The molecule has 2 nitrogen and oxygen atoms in total. The number of methoxy groups -OCH3 is 1. The highest BCUT2D eigenvalue weighted by Crippen LogP contribution is 2.47. The molecule has 0 saturated carbocycles. The molecule has 0 unspecified atom stereocenters. The normalized spacial score (nSPS) is 12.5. The van der Waals surface area contributed by atoms with Crippen LogP contribution in [0.5, 0.6) is 0 Å². The smallest absolute Gasteiger partial charge is 0.117 e. The maximum absolute atomic E-state index is 6.59. The average Bonchev–Trinajstić information content (AvgIpc) is 3.13. The van der Waals surface area contributed by atoms with Crippen molar-refractivity contribution >= 4 is 5.71 Å². The van der Waals surface area contributed by atoms with E-state index in [4.69, 9.17) is 9.73 Å². The highest BCUT2D eigenvalue weighted by Gasteiger charge is 2.45. The molecule has 220 valence electrons. The Kier molecular flexibility index (Phi) is 8.84. The first kappa shape index (κ1) is 29.6. The van der Waals surface area contributed by atoms with E-state index in [1.807, 2.05) is 7.05 Å². The zero-order valence-corrected chi connectivity index (χ0v) is 25.8. The third-order valence-corrected chi connectivity index (χ3v) is 8.72. The summed E-state index contributed by atoms with van der Waals surface area (Å²) >= 11 is 0. The van der Waals surface area contributed by atoms with Crippen LogP contribution in [-0.4, -0.2) is 19.9 Å². The highest BCUT2D eigenvalue weighted by atomic mass is 16.5. The van der Waals surface area contributed by atoms with E-state index in [0.29, 0.717) is 0 Å². The summed E-state index contributed by atoms with van der Waals surface area (Å²) in [7, 11) is 3.66. The van der Waals surface area contributed by atoms with Crippen molar-refractivity contribution < 1.29 is 4.74 Å². The number of rotatable bonds is 10. The zero-order valence-electron chi connectivity index (χ0n) is 25.8. The van der Waals surface area contributed by atoms with Crippen LogP contribution in [0.3, 0.4) is 0 Å². The Morgan fingerprint density at radius 3 is 0.889 bits per heavy atom. The second kappa shape index (κ2) is 13.4. The second-order valence-corrected chi connectivity index (χ2v) is 11.0. The number of ether oxygens (including phenoxy) is 1. The molecule has 2 heteroatoms. The van der Waals surface area contributed by atoms with Gasteiger partial charge in [-0.15, -0.1) is 0 Å². The Bertz CT molecular complexity index is 1650. The fourth-order valence-electron chi connectivity index (χ4n) is 6.78. The van der Waals surface area contributed by atoms with E-state index in [2.05, 4.69) is 188 Å². The van der Waals surface area contributed by atoms with Crippen molar-refractivity contribution in [1.82, 2.24) is 0 Å². The van der Waals surface area contributed by atoms with Crippen molar-refractivity contribution in [3.63, 3.8) is 0 Å². The van der Waals surface area contributed by atoms with Crippen LogP contribution in [0, 0.1) is 0 Å². The van der Waals surface area contributed by atoms with Gasteiger partial charge in [0.2, 0.25) is 0 Å². The molecule has 0 heterocycles. The molecule has 0 atom stereocenters. The minimum absolute atomic E-state index is 0.724. The van der Waals surface area contributed by atoms with Crippen molar-refractivity contribution in [3.05, 3.63) is 227 Å². The van der Waals surface area contributed by atoms with Crippen molar-refractivity contribution in [2.75, 3.05) is 14.2 Å². The van der Waals surface area contributed by atoms with Crippen molar-refractivity contribution in [1.29, 1.82) is 0 Å².